The summed E-state index contributed by atoms with van der Waals surface area (Å²) in [7, 11) is 0. The predicted molar refractivity (Wildman–Crippen MR) is 98.2 cm³/mol. The van der Waals surface area contributed by atoms with Gasteiger partial charge in [0.15, 0.2) is 0 Å². The zero-order chi connectivity index (χ0) is 18.2. The number of aromatic amines is 1. The van der Waals surface area contributed by atoms with Crippen molar-refractivity contribution in [1.82, 2.24) is 20.5 Å². The zero-order valence-corrected chi connectivity index (χ0v) is 14.8. The van der Waals surface area contributed by atoms with E-state index in [0.717, 1.165) is 29.8 Å². The number of halogens is 1. The number of ether oxygens (including phenoxy) is 1. The van der Waals surface area contributed by atoms with Crippen molar-refractivity contribution in [3.8, 4) is 0 Å². The number of pyridine rings is 1. The van der Waals surface area contributed by atoms with Crippen LogP contribution < -0.4 is 5.32 Å². The van der Waals surface area contributed by atoms with Gasteiger partial charge in [0.2, 0.25) is 0 Å². The largest absolute Gasteiger partial charge is 0.363 e. The summed E-state index contributed by atoms with van der Waals surface area (Å²) in [5.41, 5.74) is 2.18. The number of rotatable bonds is 9. The summed E-state index contributed by atoms with van der Waals surface area (Å²) in [5, 5.41) is 10.4. The van der Waals surface area contributed by atoms with E-state index in [2.05, 4.69) is 20.5 Å². The van der Waals surface area contributed by atoms with E-state index in [1.165, 1.54) is 6.07 Å². The van der Waals surface area contributed by atoms with Crippen molar-refractivity contribution in [2.45, 2.75) is 18.9 Å². The molecule has 5 nitrogen and oxygen atoms in total. The second kappa shape index (κ2) is 8.69. The number of nitrogens with one attached hydrogen (secondary N) is 2. The average Bonchev–Trinajstić information content (AvgIpc) is 3.20. The summed E-state index contributed by atoms with van der Waals surface area (Å²) in [6.07, 6.45) is 6.03. The molecule has 1 aromatic carbocycles. The first-order valence-electron chi connectivity index (χ1n) is 8.68. The Morgan fingerprint density at radius 3 is 2.81 bits per heavy atom. The molecule has 0 aliphatic heterocycles. The Hall–Kier alpha value is -2.57. The van der Waals surface area contributed by atoms with Gasteiger partial charge in [-0.15, -0.1) is 0 Å². The Balaban J connectivity index is 1.51. The lowest BCUT2D eigenvalue weighted by Crippen LogP contribution is -2.32. The van der Waals surface area contributed by atoms with E-state index in [-0.39, 0.29) is 5.82 Å². The van der Waals surface area contributed by atoms with Crippen molar-refractivity contribution in [1.29, 1.82) is 0 Å². The van der Waals surface area contributed by atoms with Gasteiger partial charge < -0.3 is 10.1 Å². The molecule has 0 fully saturated rings. The van der Waals surface area contributed by atoms with Crippen molar-refractivity contribution < 1.29 is 9.13 Å². The number of aromatic nitrogens is 3. The van der Waals surface area contributed by atoms with Crippen LogP contribution in [-0.2, 0) is 16.8 Å². The van der Waals surface area contributed by atoms with E-state index >= 15 is 0 Å². The van der Waals surface area contributed by atoms with Gasteiger partial charge in [-0.3, -0.25) is 10.1 Å². The third kappa shape index (κ3) is 4.53. The molecule has 3 rings (SSSR count). The molecule has 0 radical (unpaired) electrons. The van der Waals surface area contributed by atoms with Crippen LogP contribution in [0.2, 0.25) is 0 Å². The van der Waals surface area contributed by atoms with Crippen LogP contribution in [0.1, 0.15) is 23.7 Å². The fourth-order valence-electron chi connectivity index (χ4n) is 2.86. The fourth-order valence-corrected chi connectivity index (χ4v) is 2.86. The van der Waals surface area contributed by atoms with Gasteiger partial charge in [0.1, 0.15) is 11.4 Å². The molecule has 2 N–H and O–H groups in total. The number of nitrogens with zero attached hydrogens (tertiary/aromatic N) is 2. The van der Waals surface area contributed by atoms with Gasteiger partial charge >= 0.3 is 0 Å². The second-order valence-corrected chi connectivity index (χ2v) is 6.22. The minimum atomic E-state index is -0.644. The number of benzene rings is 1. The maximum Gasteiger partial charge on any atom is 0.133 e. The molecule has 0 aliphatic rings. The minimum absolute atomic E-state index is 0.197. The van der Waals surface area contributed by atoms with Gasteiger partial charge in [0, 0.05) is 30.7 Å². The van der Waals surface area contributed by atoms with Crippen molar-refractivity contribution in [2.75, 3.05) is 19.7 Å². The Kier molecular flexibility index (Phi) is 6.09. The molecule has 0 amide bonds. The van der Waals surface area contributed by atoms with Crippen LogP contribution in [0.5, 0.6) is 0 Å². The molecule has 1 atom stereocenters. The van der Waals surface area contributed by atoms with Gasteiger partial charge in [-0.25, -0.2) is 4.39 Å². The van der Waals surface area contributed by atoms with E-state index in [0.29, 0.717) is 13.2 Å². The van der Waals surface area contributed by atoms with E-state index in [9.17, 15) is 4.39 Å². The van der Waals surface area contributed by atoms with E-state index < -0.39 is 5.60 Å². The first-order valence-corrected chi connectivity index (χ1v) is 8.68. The molecular formula is C20H23FN4O. The summed E-state index contributed by atoms with van der Waals surface area (Å²) >= 11 is 0. The molecule has 0 saturated heterocycles. The molecule has 136 valence electrons. The first kappa shape index (κ1) is 18.2. The van der Waals surface area contributed by atoms with Gasteiger partial charge in [-0.2, -0.15) is 5.10 Å². The lowest BCUT2D eigenvalue weighted by molar-refractivity contribution is -0.00542. The predicted octanol–water partition coefficient (Wildman–Crippen LogP) is 3.06. The van der Waals surface area contributed by atoms with Crippen molar-refractivity contribution >= 4 is 0 Å². The summed E-state index contributed by atoms with van der Waals surface area (Å²) in [6.45, 7) is 3.98. The SMILES string of the molecule is CC(OCCNCCc1cccc(F)c1)(c1cccnc1)c1ccn[nH]1. The normalized spacial score (nSPS) is 13.5. The van der Waals surface area contributed by atoms with E-state index in [1.807, 2.05) is 31.2 Å². The molecule has 1 unspecified atom stereocenters. The third-order valence-corrected chi connectivity index (χ3v) is 4.38. The van der Waals surface area contributed by atoms with Gasteiger partial charge in [0.05, 0.1) is 12.3 Å². The van der Waals surface area contributed by atoms with Crippen molar-refractivity contribution in [2.24, 2.45) is 0 Å². The Labute approximate surface area is 152 Å². The molecule has 0 bridgehead atoms. The summed E-state index contributed by atoms with van der Waals surface area (Å²) in [4.78, 5) is 4.20. The maximum absolute atomic E-state index is 13.2. The molecule has 2 aromatic heterocycles. The molecule has 0 aliphatic carbocycles. The van der Waals surface area contributed by atoms with Gasteiger partial charge in [0.25, 0.3) is 0 Å². The Morgan fingerprint density at radius 1 is 1.15 bits per heavy atom. The highest BCUT2D eigenvalue weighted by atomic mass is 19.1. The third-order valence-electron chi connectivity index (χ3n) is 4.38. The lowest BCUT2D eigenvalue weighted by atomic mass is 9.94. The molecular weight excluding hydrogens is 331 g/mol. The topological polar surface area (TPSA) is 62.8 Å². The smallest absolute Gasteiger partial charge is 0.133 e. The highest BCUT2D eigenvalue weighted by Gasteiger charge is 2.31. The van der Waals surface area contributed by atoms with Gasteiger partial charge in [-0.1, -0.05) is 18.2 Å². The maximum atomic E-state index is 13.2. The summed E-state index contributed by atoms with van der Waals surface area (Å²) < 4.78 is 19.4. The van der Waals surface area contributed by atoms with E-state index in [1.54, 1.807) is 30.7 Å². The van der Waals surface area contributed by atoms with Crippen LogP contribution in [0, 0.1) is 5.82 Å². The molecule has 3 aromatic rings. The Bertz CT molecular complexity index is 795. The van der Waals surface area contributed by atoms with Crippen molar-refractivity contribution in [3.63, 3.8) is 0 Å². The first-order chi connectivity index (χ1) is 12.7. The highest BCUT2D eigenvalue weighted by Crippen LogP contribution is 2.31. The van der Waals surface area contributed by atoms with Crippen LogP contribution in [-0.4, -0.2) is 34.9 Å². The van der Waals surface area contributed by atoms with E-state index in [4.69, 9.17) is 4.74 Å². The zero-order valence-electron chi connectivity index (χ0n) is 14.8. The molecule has 0 spiro atoms. The quantitative estimate of drug-likeness (QED) is 0.580. The van der Waals surface area contributed by atoms with Crippen LogP contribution in [0.3, 0.4) is 0 Å². The number of hydrogen-bond donors (Lipinski definition) is 2. The molecule has 2 heterocycles. The minimum Gasteiger partial charge on any atom is -0.363 e. The Morgan fingerprint density at radius 2 is 2.08 bits per heavy atom. The highest BCUT2D eigenvalue weighted by molar-refractivity contribution is 5.28. The second-order valence-electron chi connectivity index (χ2n) is 6.22. The number of hydrogen-bond acceptors (Lipinski definition) is 4. The number of H-pyrrole nitrogens is 1. The molecule has 26 heavy (non-hydrogen) atoms. The van der Waals surface area contributed by atoms with Crippen LogP contribution in [0.15, 0.2) is 61.1 Å². The van der Waals surface area contributed by atoms with Crippen LogP contribution >= 0.6 is 0 Å². The lowest BCUT2D eigenvalue weighted by Gasteiger charge is -2.29. The standard InChI is InChI=1S/C20H23FN4O/c1-20(19-8-11-24-25-19,17-5-3-9-23-15-17)26-13-12-22-10-7-16-4-2-6-18(21)14-16/h2-6,8-9,11,14-15,22H,7,10,12-13H2,1H3,(H,24,25). The van der Waals surface area contributed by atoms with Crippen LogP contribution in [0.25, 0.3) is 0 Å². The summed E-state index contributed by atoms with van der Waals surface area (Å²) in [6, 6.07) is 12.5. The monoisotopic (exact) mass is 354 g/mol. The molecule has 0 saturated carbocycles. The average molecular weight is 354 g/mol. The fraction of sp³-hybridized carbons (Fsp3) is 0.300. The van der Waals surface area contributed by atoms with Crippen molar-refractivity contribution in [3.05, 3.63) is 83.7 Å². The van der Waals surface area contributed by atoms with Crippen LogP contribution in [0.4, 0.5) is 4.39 Å². The van der Waals surface area contributed by atoms with Gasteiger partial charge in [-0.05, 0) is 49.7 Å². The molecule has 6 heteroatoms. The summed E-state index contributed by atoms with van der Waals surface area (Å²) in [5.74, 6) is -0.197.